The lowest BCUT2D eigenvalue weighted by molar-refractivity contribution is -0.136. The number of hydrogen-bond donors (Lipinski definition) is 1. The summed E-state index contributed by atoms with van der Waals surface area (Å²) in [5.74, 6) is -0.250. The Morgan fingerprint density at radius 1 is 1.29 bits per heavy atom. The number of morpholine rings is 1. The van der Waals surface area contributed by atoms with Gasteiger partial charge in [-0.1, -0.05) is 11.6 Å². The predicted octanol–water partition coefficient (Wildman–Crippen LogP) is 1.05. The summed E-state index contributed by atoms with van der Waals surface area (Å²) in [5, 5.41) is 8.52. The number of fused-ring (bicyclic) bond motifs is 1. The van der Waals surface area contributed by atoms with E-state index in [2.05, 4.69) is 10.4 Å². The van der Waals surface area contributed by atoms with Gasteiger partial charge in [0, 0.05) is 29.9 Å². The molecule has 1 aliphatic rings. The Labute approximate surface area is 144 Å². The summed E-state index contributed by atoms with van der Waals surface area (Å²) in [6, 6.07) is 5.51. The number of aryl methyl sites for hydroxylation is 1. The number of nitrogens with zero attached hydrogens (tertiary/aromatic N) is 3. The number of amides is 2. The lowest BCUT2D eigenvalue weighted by atomic mass is 10.2. The molecule has 2 aromatic rings. The van der Waals surface area contributed by atoms with Gasteiger partial charge in [-0.25, -0.2) is 0 Å². The first-order valence-corrected chi connectivity index (χ1v) is 8.24. The van der Waals surface area contributed by atoms with Crippen LogP contribution in [0.25, 0.3) is 10.9 Å². The fourth-order valence-electron chi connectivity index (χ4n) is 2.63. The zero-order chi connectivity index (χ0) is 16.9. The molecule has 0 spiro atoms. The minimum Gasteiger partial charge on any atom is -0.378 e. The summed E-state index contributed by atoms with van der Waals surface area (Å²) in [4.78, 5) is 25.6. The standard InChI is InChI=1S/C16H19ClN4O3/c17-13-1-2-14-12(9-13)10-19-21(14)4-3-15(22)18-11-16(23)20-5-7-24-8-6-20/h1-2,9-10H,3-8,11H2,(H,18,22). The summed E-state index contributed by atoms with van der Waals surface area (Å²) in [6.07, 6.45) is 1.98. The first-order chi connectivity index (χ1) is 11.6. The SMILES string of the molecule is O=C(CCn1ncc2cc(Cl)ccc21)NCC(=O)N1CCOCC1. The van der Waals surface area contributed by atoms with Crippen molar-refractivity contribution >= 4 is 34.3 Å². The van der Waals surface area contributed by atoms with E-state index in [4.69, 9.17) is 16.3 Å². The molecular formula is C16H19ClN4O3. The highest BCUT2D eigenvalue weighted by Crippen LogP contribution is 2.19. The third kappa shape index (κ3) is 4.04. The van der Waals surface area contributed by atoms with Crippen LogP contribution in [0.5, 0.6) is 0 Å². The Balaban J connectivity index is 1.47. The average Bonchev–Trinajstić information content (AvgIpc) is 3.00. The molecule has 0 atom stereocenters. The summed E-state index contributed by atoms with van der Waals surface area (Å²) in [5.41, 5.74) is 0.927. The number of hydrogen-bond acceptors (Lipinski definition) is 4. The van der Waals surface area contributed by atoms with Crippen molar-refractivity contribution in [1.82, 2.24) is 20.0 Å². The molecule has 1 N–H and O–H groups in total. The largest absolute Gasteiger partial charge is 0.378 e. The average molecular weight is 351 g/mol. The van der Waals surface area contributed by atoms with Crippen molar-refractivity contribution in [3.8, 4) is 0 Å². The first kappa shape index (κ1) is 16.7. The highest BCUT2D eigenvalue weighted by atomic mass is 35.5. The van der Waals surface area contributed by atoms with Crippen molar-refractivity contribution in [2.24, 2.45) is 0 Å². The Hall–Kier alpha value is -2.12. The van der Waals surface area contributed by atoms with Crippen LogP contribution < -0.4 is 5.32 Å². The molecular weight excluding hydrogens is 332 g/mol. The number of carbonyl (C=O) groups excluding carboxylic acids is 2. The Morgan fingerprint density at radius 3 is 2.88 bits per heavy atom. The van der Waals surface area contributed by atoms with Gasteiger partial charge in [-0.15, -0.1) is 0 Å². The van der Waals surface area contributed by atoms with Crippen molar-refractivity contribution in [2.75, 3.05) is 32.8 Å². The van der Waals surface area contributed by atoms with E-state index < -0.39 is 0 Å². The molecule has 0 saturated carbocycles. The summed E-state index contributed by atoms with van der Waals surface area (Å²) in [6.45, 7) is 2.73. The quantitative estimate of drug-likeness (QED) is 0.874. The normalized spacial score (nSPS) is 14.8. The van der Waals surface area contributed by atoms with Gasteiger partial charge in [0.25, 0.3) is 0 Å². The number of carbonyl (C=O) groups is 2. The van der Waals surface area contributed by atoms with E-state index in [-0.39, 0.29) is 24.8 Å². The van der Waals surface area contributed by atoms with E-state index >= 15 is 0 Å². The maximum absolute atomic E-state index is 12.0. The summed E-state index contributed by atoms with van der Waals surface area (Å²) in [7, 11) is 0. The van der Waals surface area contributed by atoms with E-state index in [0.717, 1.165) is 10.9 Å². The fourth-order valence-corrected chi connectivity index (χ4v) is 2.81. The number of ether oxygens (including phenoxy) is 1. The van der Waals surface area contributed by atoms with Crippen LogP contribution in [0.1, 0.15) is 6.42 Å². The van der Waals surface area contributed by atoms with Gasteiger partial charge >= 0.3 is 0 Å². The van der Waals surface area contributed by atoms with Crippen molar-refractivity contribution in [3.63, 3.8) is 0 Å². The van der Waals surface area contributed by atoms with Gasteiger partial charge in [-0.05, 0) is 18.2 Å². The van der Waals surface area contributed by atoms with Gasteiger partial charge in [0.2, 0.25) is 11.8 Å². The molecule has 24 heavy (non-hydrogen) atoms. The van der Waals surface area contributed by atoms with E-state index in [9.17, 15) is 9.59 Å². The van der Waals surface area contributed by atoms with Gasteiger partial charge in [-0.2, -0.15) is 5.10 Å². The van der Waals surface area contributed by atoms with Gasteiger partial charge in [-0.3, -0.25) is 14.3 Å². The molecule has 1 aromatic heterocycles. The second-order valence-electron chi connectivity index (χ2n) is 5.59. The highest BCUT2D eigenvalue weighted by Gasteiger charge is 2.17. The molecule has 0 radical (unpaired) electrons. The Kier molecular flexibility index (Phi) is 5.32. The predicted molar refractivity (Wildman–Crippen MR) is 89.8 cm³/mol. The van der Waals surface area contributed by atoms with Crippen LogP contribution in [0.15, 0.2) is 24.4 Å². The van der Waals surface area contributed by atoms with Crippen molar-refractivity contribution in [1.29, 1.82) is 0 Å². The molecule has 0 bridgehead atoms. The fraction of sp³-hybridized carbons (Fsp3) is 0.438. The third-order valence-corrected chi connectivity index (χ3v) is 4.19. The molecule has 0 aliphatic carbocycles. The van der Waals surface area contributed by atoms with Crippen LogP contribution in [-0.2, 0) is 20.9 Å². The number of halogens is 1. The van der Waals surface area contributed by atoms with Crippen LogP contribution in [0.4, 0.5) is 0 Å². The van der Waals surface area contributed by atoms with Crippen molar-refractivity contribution < 1.29 is 14.3 Å². The Bertz CT molecular complexity index is 740. The molecule has 2 heterocycles. The van der Waals surface area contributed by atoms with Gasteiger partial charge < -0.3 is 15.0 Å². The van der Waals surface area contributed by atoms with Gasteiger partial charge in [0.15, 0.2) is 0 Å². The Morgan fingerprint density at radius 2 is 2.08 bits per heavy atom. The summed E-state index contributed by atoms with van der Waals surface area (Å²) >= 11 is 5.95. The molecule has 1 aliphatic heterocycles. The van der Waals surface area contributed by atoms with E-state index in [1.54, 1.807) is 21.8 Å². The van der Waals surface area contributed by atoms with E-state index in [0.29, 0.717) is 37.9 Å². The zero-order valence-corrected chi connectivity index (χ0v) is 14.0. The lowest BCUT2D eigenvalue weighted by Gasteiger charge is -2.26. The summed E-state index contributed by atoms with van der Waals surface area (Å²) < 4.78 is 6.96. The number of nitrogens with one attached hydrogen (secondary N) is 1. The number of rotatable bonds is 5. The maximum atomic E-state index is 12.0. The van der Waals surface area contributed by atoms with Crippen molar-refractivity contribution in [3.05, 3.63) is 29.4 Å². The lowest BCUT2D eigenvalue weighted by Crippen LogP contribution is -2.45. The maximum Gasteiger partial charge on any atom is 0.242 e. The third-order valence-electron chi connectivity index (χ3n) is 3.96. The molecule has 8 heteroatoms. The molecule has 128 valence electrons. The van der Waals surface area contributed by atoms with E-state index in [1.807, 2.05) is 12.1 Å². The topological polar surface area (TPSA) is 76.5 Å². The van der Waals surface area contributed by atoms with Crippen molar-refractivity contribution in [2.45, 2.75) is 13.0 Å². The second kappa shape index (κ2) is 7.63. The molecule has 1 fully saturated rings. The van der Waals surface area contributed by atoms with Crippen LogP contribution in [0.3, 0.4) is 0 Å². The monoisotopic (exact) mass is 350 g/mol. The van der Waals surface area contributed by atoms with Gasteiger partial charge in [0.1, 0.15) is 0 Å². The zero-order valence-electron chi connectivity index (χ0n) is 13.2. The molecule has 1 saturated heterocycles. The molecule has 2 amide bonds. The van der Waals surface area contributed by atoms with Gasteiger partial charge in [0.05, 0.1) is 38.0 Å². The molecule has 7 nitrogen and oxygen atoms in total. The molecule has 0 unspecified atom stereocenters. The number of aromatic nitrogens is 2. The minimum atomic E-state index is -0.172. The van der Waals surface area contributed by atoms with Crippen LogP contribution >= 0.6 is 11.6 Å². The minimum absolute atomic E-state index is 0.0221. The smallest absolute Gasteiger partial charge is 0.242 e. The van der Waals surface area contributed by atoms with Crippen LogP contribution in [0.2, 0.25) is 5.02 Å². The highest BCUT2D eigenvalue weighted by molar-refractivity contribution is 6.31. The van der Waals surface area contributed by atoms with Crippen LogP contribution in [0, 0.1) is 0 Å². The first-order valence-electron chi connectivity index (χ1n) is 7.87. The molecule has 3 rings (SSSR count). The number of benzene rings is 1. The second-order valence-corrected chi connectivity index (χ2v) is 6.03. The van der Waals surface area contributed by atoms with E-state index in [1.165, 1.54) is 0 Å². The molecule has 1 aromatic carbocycles. The van der Waals surface area contributed by atoms with Crippen LogP contribution in [-0.4, -0.2) is 59.3 Å².